The summed E-state index contributed by atoms with van der Waals surface area (Å²) in [5.41, 5.74) is -1.26. The summed E-state index contributed by atoms with van der Waals surface area (Å²) in [6, 6.07) is 0. The Labute approximate surface area is 156 Å². The van der Waals surface area contributed by atoms with Crippen LogP contribution in [0.1, 0.15) is 28.6 Å². The molecule has 0 saturated carbocycles. The number of ether oxygens (including phenoxy) is 1. The summed E-state index contributed by atoms with van der Waals surface area (Å²) in [5.74, 6) is -1.28. The van der Waals surface area contributed by atoms with Crippen molar-refractivity contribution in [3.63, 3.8) is 0 Å². The number of hydrogen-bond donors (Lipinski definition) is 1. The Hall–Kier alpha value is -1.66. The van der Waals surface area contributed by atoms with E-state index < -0.39 is 36.7 Å². The predicted molar refractivity (Wildman–Crippen MR) is 92.2 cm³/mol. The highest BCUT2D eigenvalue weighted by atomic mass is 79.9. The molecule has 26 heavy (non-hydrogen) atoms. The molecule has 0 atom stereocenters. The number of aromatic carboxylic acids is 1. The van der Waals surface area contributed by atoms with E-state index in [1.807, 2.05) is 0 Å². The third-order valence-electron chi connectivity index (χ3n) is 3.51. The third kappa shape index (κ3) is 4.01. The minimum absolute atomic E-state index is 0.0179. The highest BCUT2D eigenvalue weighted by Gasteiger charge is 2.29. The molecule has 2 aromatic rings. The summed E-state index contributed by atoms with van der Waals surface area (Å²) in [6.07, 6.45) is -4.41. The number of nitrogens with zero attached hydrogens (tertiary/aromatic N) is 2. The molecule has 2 rings (SSSR count). The van der Waals surface area contributed by atoms with Gasteiger partial charge in [0, 0.05) is 17.4 Å². The molecule has 0 aliphatic rings. The molecule has 7 nitrogen and oxygen atoms in total. The van der Waals surface area contributed by atoms with E-state index in [1.165, 1.54) is 0 Å². The Morgan fingerprint density at radius 3 is 2.42 bits per heavy atom. The van der Waals surface area contributed by atoms with Crippen molar-refractivity contribution in [3.8, 4) is 0 Å². The van der Waals surface area contributed by atoms with Crippen molar-refractivity contribution in [1.82, 2.24) is 9.13 Å². The first-order valence-corrected chi connectivity index (χ1v) is 9.35. The second-order valence-electron chi connectivity index (χ2n) is 5.21. The first kappa shape index (κ1) is 20.6. The predicted octanol–water partition coefficient (Wildman–Crippen LogP) is 2.76. The smallest absolute Gasteiger partial charge is 0.477 e. The average molecular weight is 459 g/mol. The minimum Gasteiger partial charge on any atom is -0.477 e. The molecule has 0 radical (unpaired) electrons. The largest absolute Gasteiger partial charge is 0.522 e. The monoisotopic (exact) mass is 458 g/mol. The van der Waals surface area contributed by atoms with Crippen LogP contribution in [0, 0.1) is 0 Å². The molecular formula is C14H14BrF3N2O5S. The number of carbonyl (C=O) groups is 1. The fourth-order valence-corrected chi connectivity index (χ4v) is 4.40. The Kier molecular flexibility index (Phi) is 6.29. The van der Waals surface area contributed by atoms with Crippen LogP contribution >= 0.6 is 27.3 Å². The highest BCUT2D eigenvalue weighted by molar-refractivity contribution is 9.08. The third-order valence-corrected chi connectivity index (χ3v) is 5.31. The van der Waals surface area contributed by atoms with Crippen molar-refractivity contribution in [1.29, 1.82) is 0 Å². The zero-order valence-electron chi connectivity index (χ0n) is 13.4. The van der Waals surface area contributed by atoms with Gasteiger partial charge in [0.2, 0.25) is 0 Å². The maximum absolute atomic E-state index is 12.7. The maximum atomic E-state index is 12.7. The number of carboxylic acid groups (broad SMARTS) is 1. The van der Waals surface area contributed by atoms with Crippen LogP contribution in [0.15, 0.2) is 9.59 Å². The number of halogens is 4. The van der Waals surface area contributed by atoms with E-state index in [2.05, 4.69) is 20.7 Å². The van der Waals surface area contributed by atoms with Crippen LogP contribution in [0.25, 0.3) is 10.2 Å². The van der Waals surface area contributed by atoms with Gasteiger partial charge in [0.25, 0.3) is 5.56 Å². The van der Waals surface area contributed by atoms with Gasteiger partial charge in [-0.1, -0.05) is 22.9 Å². The van der Waals surface area contributed by atoms with Gasteiger partial charge in [0.1, 0.15) is 9.71 Å². The molecule has 144 valence electrons. The lowest BCUT2D eigenvalue weighted by atomic mass is 10.2. The number of hydrogen-bond acceptors (Lipinski definition) is 5. The standard InChI is InChI=1S/C14H14BrF3N2O5S/c1-2-3-19-10(21)8-7(6-15)9(12(22)23)26-11(8)20(13(19)24)4-5-25-14(16,17)18/h2-6H2,1H3,(H,22,23). The van der Waals surface area contributed by atoms with Crippen molar-refractivity contribution in [3.05, 3.63) is 31.3 Å². The number of thiophene rings is 1. The molecule has 1 N–H and O–H groups in total. The molecule has 0 aliphatic carbocycles. The summed E-state index contributed by atoms with van der Waals surface area (Å²) >= 11 is 3.81. The normalized spacial score (nSPS) is 12.0. The minimum atomic E-state index is -4.86. The highest BCUT2D eigenvalue weighted by Crippen LogP contribution is 2.30. The van der Waals surface area contributed by atoms with E-state index in [-0.39, 0.29) is 32.5 Å². The zero-order valence-corrected chi connectivity index (χ0v) is 15.8. The lowest BCUT2D eigenvalue weighted by Gasteiger charge is -2.13. The molecule has 0 unspecified atom stereocenters. The number of aromatic nitrogens is 2. The Balaban J connectivity index is 2.74. The van der Waals surface area contributed by atoms with E-state index in [0.717, 1.165) is 9.13 Å². The van der Waals surface area contributed by atoms with Crippen LogP contribution in [0.3, 0.4) is 0 Å². The molecule has 0 aliphatic heterocycles. The summed E-state index contributed by atoms with van der Waals surface area (Å²) in [4.78, 5) is 36.5. The van der Waals surface area contributed by atoms with Crippen LogP contribution in [-0.4, -0.2) is 33.2 Å². The fraction of sp³-hybridized carbons (Fsp3) is 0.500. The van der Waals surface area contributed by atoms with Crippen LogP contribution < -0.4 is 11.2 Å². The van der Waals surface area contributed by atoms with E-state index in [1.54, 1.807) is 6.92 Å². The van der Waals surface area contributed by atoms with Crippen molar-refractivity contribution in [2.75, 3.05) is 6.61 Å². The number of carboxylic acids is 1. The quantitative estimate of drug-likeness (QED) is 0.644. The molecule has 0 fully saturated rings. The van der Waals surface area contributed by atoms with Gasteiger partial charge in [0.05, 0.1) is 18.5 Å². The molecule has 12 heteroatoms. The van der Waals surface area contributed by atoms with E-state index in [0.29, 0.717) is 17.8 Å². The Morgan fingerprint density at radius 2 is 1.92 bits per heavy atom. The van der Waals surface area contributed by atoms with Crippen LogP contribution in [0.2, 0.25) is 0 Å². The lowest BCUT2D eigenvalue weighted by molar-refractivity contribution is -0.325. The first-order chi connectivity index (χ1) is 12.1. The fourth-order valence-electron chi connectivity index (χ4n) is 2.49. The van der Waals surface area contributed by atoms with Crippen molar-refractivity contribution < 1.29 is 27.8 Å². The van der Waals surface area contributed by atoms with E-state index in [4.69, 9.17) is 0 Å². The summed E-state index contributed by atoms with van der Waals surface area (Å²) in [7, 11) is 0. The van der Waals surface area contributed by atoms with Gasteiger partial charge in [-0.3, -0.25) is 18.7 Å². The molecule has 0 spiro atoms. The molecule has 2 heterocycles. The topological polar surface area (TPSA) is 90.5 Å². The van der Waals surface area contributed by atoms with Gasteiger partial charge in [0.15, 0.2) is 0 Å². The second kappa shape index (κ2) is 7.92. The molecule has 0 bridgehead atoms. The van der Waals surface area contributed by atoms with Gasteiger partial charge in [-0.25, -0.2) is 9.59 Å². The lowest BCUT2D eigenvalue weighted by Crippen LogP contribution is -2.40. The number of fused-ring (bicyclic) bond motifs is 1. The maximum Gasteiger partial charge on any atom is 0.522 e. The Morgan fingerprint density at radius 1 is 1.27 bits per heavy atom. The van der Waals surface area contributed by atoms with Gasteiger partial charge in [-0.2, -0.15) is 0 Å². The Bertz CT molecular complexity index is 947. The molecule has 0 aromatic carbocycles. The van der Waals surface area contributed by atoms with Crippen LogP contribution in [0.4, 0.5) is 13.2 Å². The van der Waals surface area contributed by atoms with Crippen molar-refractivity contribution >= 4 is 43.5 Å². The molecule has 0 saturated heterocycles. The van der Waals surface area contributed by atoms with E-state index in [9.17, 15) is 32.7 Å². The van der Waals surface area contributed by atoms with Gasteiger partial charge >= 0.3 is 18.0 Å². The zero-order chi connectivity index (χ0) is 19.6. The van der Waals surface area contributed by atoms with Gasteiger partial charge < -0.3 is 5.11 Å². The summed E-state index contributed by atoms with van der Waals surface area (Å²) < 4.78 is 42.2. The molecule has 0 amide bonds. The second-order valence-corrected chi connectivity index (χ2v) is 6.77. The van der Waals surface area contributed by atoms with Gasteiger partial charge in [-0.15, -0.1) is 24.5 Å². The summed E-state index contributed by atoms with van der Waals surface area (Å²) in [6.45, 7) is 0.482. The van der Waals surface area contributed by atoms with Crippen LogP contribution in [-0.2, 0) is 23.2 Å². The SMILES string of the molecule is CCCn1c(=O)c2c(CBr)c(C(=O)O)sc2n(CCOC(F)(F)F)c1=O. The van der Waals surface area contributed by atoms with Crippen molar-refractivity contribution in [2.45, 2.75) is 38.1 Å². The molecule has 2 aromatic heterocycles. The summed E-state index contributed by atoms with van der Waals surface area (Å²) in [5, 5.41) is 9.39. The number of rotatable bonds is 7. The van der Waals surface area contributed by atoms with Crippen LogP contribution in [0.5, 0.6) is 0 Å². The first-order valence-electron chi connectivity index (χ1n) is 7.41. The number of alkyl halides is 4. The van der Waals surface area contributed by atoms with E-state index >= 15 is 0 Å². The average Bonchev–Trinajstić information content (AvgIpc) is 2.93. The van der Waals surface area contributed by atoms with Crippen molar-refractivity contribution in [2.24, 2.45) is 0 Å². The van der Waals surface area contributed by atoms with Gasteiger partial charge in [-0.05, 0) is 6.42 Å². The molecular weight excluding hydrogens is 445 g/mol.